The maximum Gasteiger partial charge on any atom is -0.0146 e. The zero-order chi connectivity index (χ0) is 22.7. The summed E-state index contributed by atoms with van der Waals surface area (Å²) in [6.45, 7) is 11.2. The van der Waals surface area contributed by atoms with Crippen molar-refractivity contribution in [3.8, 4) is 33.4 Å². The zero-order valence-electron chi connectivity index (χ0n) is 20.1. The largest absolute Gasteiger partial charge is 0.0648 e. The Morgan fingerprint density at radius 1 is 0.562 bits per heavy atom. The van der Waals surface area contributed by atoms with Crippen LogP contribution in [-0.4, -0.2) is 0 Å². The second-order valence-electron chi connectivity index (χ2n) is 9.04. The topological polar surface area (TPSA) is 0 Å². The second kappa shape index (κ2) is 9.57. The molecule has 4 aromatic rings. The zero-order valence-corrected chi connectivity index (χ0v) is 20.1. The Balaban J connectivity index is 1.73. The Labute approximate surface area is 194 Å². The number of hydrogen-bond donors (Lipinski definition) is 0. The summed E-state index contributed by atoms with van der Waals surface area (Å²) in [4.78, 5) is 0. The first-order chi connectivity index (χ1) is 15.5. The lowest BCUT2D eigenvalue weighted by Crippen LogP contribution is -1.92. The van der Waals surface area contributed by atoms with Crippen molar-refractivity contribution in [2.45, 2.75) is 53.4 Å². The molecule has 0 bridgehead atoms. The molecule has 0 spiro atoms. The number of rotatable bonds is 6. The lowest BCUT2D eigenvalue weighted by Gasteiger charge is -2.15. The Kier molecular flexibility index (Phi) is 6.61. The van der Waals surface area contributed by atoms with Gasteiger partial charge in [0.25, 0.3) is 0 Å². The van der Waals surface area contributed by atoms with E-state index < -0.39 is 0 Å². The third kappa shape index (κ3) is 4.55. The van der Waals surface area contributed by atoms with Gasteiger partial charge in [0.1, 0.15) is 0 Å². The van der Waals surface area contributed by atoms with Crippen molar-refractivity contribution in [3.63, 3.8) is 0 Å². The Morgan fingerprint density at radius 3 is 1.44 bits per heavy atom. The maximum absolute atomic E-state index is 2.36. The maximum atomic E-state index is 2.36. The fourth-order valence-corrected chi connectivity index (χ4v) is 4.36. The summed E-state index contributed by atoms with van der Waals surface area (Å²) < 4.78 is 0. The summed E-state index contributed by atoms with van der Waals surface area (Å²) in [5.41, 5.74) is 13.2. The Hall–Kier alpha value is -3.12. The summed E-state index contributed by atoms with van der Waals surface area (Å²) in [6, 6.07) is 31.8. The second-order valence-corrected chi connectivity index (χ2v) is 9.04. The fraction of sp³-hybridized carbons (Fsp3) is 0.250. The standard InChI is InChI=1S/C32H34/c1-6-22(3)26-16-18-28(19-17-26)30-13-9-24(5)32(21-30)31-20-29(12-8-23(31)4)27-14-10-25(7-2)11-15-27/h8-22H,6-7H2,1-5H3. The van der Waals surface area contributed by atoms with E-state index in [-0.39, 0.29) is 0 Å². The molecule has 0 heteroatoms. The summed E-state index contributed by atoms with van der Waals surface area (Å²) >= 11 is 0. The molecule has 0 N–H and O–H groups in total. The predicted octanol–water partition coefficient (Wildman–Crippen LogP) is 9.38. The molecule has 0 fully saturated rings. The molecule has 0 radical (unpaired) electrons. The predicted molar refractivity (Wildman–Crippen MR) is 140 cm³/mol. The van der Waals surface area contributed by atoms with E-state index in [0.29, 0.717) is 5.92 Å². The van der Waals surface area contributed by atoms with Gasteiger partial charge in [0.15, 0.2) is 0 Å². The minimum atomic E-state index is 0.606. The van der Waals surface area contributed by atoms with Gasteiger partial charge >= 0.3 is 0 Å². The van der Waals surface area contributed by atoms with Crippen LogP contribution in [0.2, 0.25) is 0 Å². The monoisotopic (exact) mass is 418 g/mol. The molecule has 0 nitrogen and oxygen atoms in total. The molecule has 32 heavy (non-hydrogen) atoms. The highest BCUT2D eigenvalue weighted by Crippen LogP contribution is 2.34. The third-order valence-corrected chi connectivity index (χ3v) is 6.89. The molecule has 4 rings (SSSR count). The van der Waals surface area contributed by atoms with Crippen LogP contribution >= 0.6 is 0 Å². The van der Waals surface area contributed by atoms with Crippen LogP contribution in [0.3, 0.4) is 0 Å². The van der Waals surface area contributed by atoms with Crippen LogP contribution in [0.25, 0.3) is 33.4 Å². The first-order valence-corrected chi connectivity index (χ1v) is 11.9. The van der Waals surface area contributed by atoms with E-state index in [1.165, 1.54) is 62.1 Å². The molecular weight excluding hydrogens is 384 g/mol. The van der Waals surface area contributed by atoms with Gasteiger partial charge in [-0.3, -0.25) is 0 Å². The van der Waals surface area contributed by atoms with Crippen molar-refractivity contribution in [1.29, 1.82) is 0 Å². The summed E-state index contributed by atoms with van der Waals surface area (Å²) in [5, 5.41) is 0. The minimum Gasteiger partial charge on any atom is -0.0648 e. The van der Waals surface area contributed by atoms with Gasteiger partial charge in [0.05, 0.1) is 0 Å². The molecule has 0 saturated carbocycles. The molecule has 0 aromatic heterocycles. The van der Waals surface area contributed by atoms with E-state index >= 15 is 0 Å². The number of aryl methyl sites for hydroxylation is 3. The lowest BCUT2D eigenvalue weighted by atomic mass is 9.90. The van der Waals surface area contributed by atoms with E-state index in [0.717, 1.165) is 6.42 Å². The molecule has 1 atom stereocenters. The molecule has 0 aliphatic carbocycles. The van der Waals surface area contributed by atoms with Gasteiger partial charge in [-0.25, -0.2) is 0 Å². The van der Waals surface area contributed by atoms with Gasteiger partial charge in [-0.05, 0) is 100 Å². The van der Waals surface area contributed by atoms with Crippen molar-refractivity contribution >= 4 is 0 Å². The highest BCUT2D eigenvalue weighted by atomic mass is 14.1. The summed E-state index contributed by atoms with van der Waals surface area (Å²) in [6.07, 6.45) is 2.24. The molecule has 0 saturated heterocycles. The van der Waals surface area contributed by atoms with Crippen molar-refractivity contribution in [1.82, 2.24) is 0 Å². The Bertz CT molecular complexity index is 1190. The van der Waals surface area contributed by atoms with Crippen LogP contribution in [0, 0.1) is 13.8 Å². The average Bonchev–Trinajstić information content (AvgIpc) is 2.84. The molecule has 0 amide bonds. The van der Waals surface area contributed by atoms with Gasteiger partial charge in [0, 0.05) is 0 Å². The smallest absolute Gasteiger partial charge is 0.0146 e. The van der Waals surface area contributed by atoms with Crippen LogP contribution in [0.5, 0.6) is 0 Å². The van der Waals surface area contributed by atoms with Crippen LogP contribution in [0.15, 0.2) is 84.9 Å². The van der Waals surface area contributed by atoms with Gasteiger partial charge in [0.2, 0.25) is 0 Å². The highest BCUT2D eigenvalue weighted by molar-refractivity contribution is 5.80. The molecule has 162 valence electrons. The van der Waals surface area contributed by atoms with Crippen molar-refractivity contribution in [2.75, 3.05) is 0 Å². The first kappa shape index (κ1) is 22.1. The van der Waals surface area contributed by atoms with E-state index in [2.05, 4.69) is 120 Å². The SMILES string of the molecule is CCc1ccc(-c2ccc(C)c(-c3cc(-c4ccc(C(C)CC)cc4)ccc3C)c2)cc1. The molecule has 0 aliphatic rings. The van der Waals surface area contributed by atoms with Crippen LogP contribution in [0.4, 0.5) is 0 Å². The molecule has 0 aliphatic heterocycles. The quantitative estimate of drug-likeness (QED) is 0.292. The molecule has 4 aromatic carbocycles. The average molecular weight is 419 g/mol. The van der Waals surface area contributed by atoms with E-state index in [1.54, 1.807) is 0 Å². The van der Waals surface area contributed by atoms with E-state index in [9.17, 15) is 0 Å². The number of benzene rings is 4. The summed E-state index contributed by atoms with van der Waals surface area (Å²) in [7, 11) is 0. The van der Waals surface area contributed by atoms with Crippen molar-refractivity contribution in [3.05, 3.63) is 107 Å². The van der Waals surface area contributed by atoms with Crippen molar-refractivity contribution in [2.24, 2.45) is 0 Å². The first-order valence-electron chi connectivity index (χ1n) is 11.9. The van der Waals surface area contributed by atoms with Gasteiger partial charge in [-0.15, -0.1) is 0 Å². The van der Waals surface area contributed by atoms with Gasteiger partial charge < -0.3 is 0 Å². The van der Waals surface area contributed by atoms with E-state index in [1.807, 2.05) is 0 Å². The highest BCUT2D eigenvalue weighted by Gasteiger charge is 2.10. The third-order valence-electron chi connectivity index (χ3n) is 6.89. The lowest BCUT2D eigenvalue weighted by molar-refractivity contribution is 0.734. The molecule has 0 heterocycles. The molecule has 1 unspecified atom stereocenters. The van der Waals surface area contributed by atoms with Crippen LogP contribution in [-0.2, 0) is 6.42 Å². The van der Waals surface area contributed by atoms with Crippen molar-refractivity contribution < 1.29 is 0 Å². The minimum absolute atomic E-state index is 0.606. The fourth-order valence-electron chi connectivity index (χ4n) is 4.36. The Morgan fingerprint density at radius 2 is 1.00 bits per heavy atom. The van der Waals surface area contributed by atoms with Gasteiger partial charge in [-0.2, -0.15) is 0 Å². The molecular formula is C32H34. The van der Waals surface area contributed by atoms with E-state index in [4.69, 9.17) is 0 Å². The van der Waals surface area contributed by atoms with Crippen LogP contribution in [0.1, 0.15) is 55.4 Å². The van der Waals surface area contributed by atoms with Crippen LogP contribution < -0.4 is 0 Å². The normalized spacial score (nSPS) is 12.0. The summed E-state index contributed by atoms with van der Waals surface area (Å²) in [5.74, 6) is 0.606. The van der Waals surface area contributed by atoms with Gasteiger partial charge in [-0.1, -0.05) is 93.6 Å². The number of hydrogen-bond acceptors (Lipinski definition) is 0.